The second kappa shape index (κ2) is 12.0. The smallest absolute Gasteiger partial charge is 0.316 e. The molecule has 2 aromatic carbocycles. The highest BCUT2D eigenvalue weighted by Gasteiger charge is 2.24. The predicted octanol–water partition coefficient (Wildman–Crippen LogP) is 2.56. The number of ketones is 1. The van der Waals surface area contributed by atoms with Gasteiger partial charge in [0.2, 0.25) is 0 Å². The number of esters is 1. The van der Waals surface area contributed by atoms with E-state index in [1.165, 1.54) is 0 Å². The van der Waals surface area contributed by atoms with Crippen LogP contribution in [0.5, 0.6) is 5.75 Å². The zero-order valence-electron chi connectivity index (χ0n) is 19.6. The highest BCUT2D eigenvalue weighted by molar-refractivity contribution is 7.99. The number of hydrogen-bond donors (Lipinski definition) is 1. The van der Waals surface area contributed by atoms with E-state index in [9.17, 15) is 9.59 Å². The predicted molar refractivity (Wildman–Crippen MR) is 129 cm³/mol. The number of carbonyl (C=O) groups excluding carboxylic acids is 2. The van der Waals surface area contributed by atoms with Crippen molar-refractivity contribution in [2.24, 2.45) is 5.92 Å². The summed E-state index contributed by atoms with van der Waals surface area (Å²) in [6, 6.07) is 17.2. The average Bonchev–Trinajstić information content (AvgIpc) is 3.24. The topological polar surface area (TPSA) is 135 Å². The lowest BCUT2D eigenvalue weighted by atomic mass is 10.0. The van der Waals surface area contributed by atoms with Gasteiger partial charge in [0.05, 0.1) is 11.8 Å². The Hall–Kier alpha value is -3.94. The van der Waals surface area contributed by atoms with Gasteiger partial charge in [0.15, 0.2) is 29.3 Å². The number of aromatic nitrogens is 3. The fraction of sp³-hybridized carbons (Fsp3) is 0.240. The van der Waals surface area contributed by atoms with Gasteiger partial charge in [0.25, 0.3) is 0 Å². The van der Waals surface area contributed by atoms with Crippen molar-refractivity contribution in [1.82, 2.24) is 14.8 Å². The monoisotopic (exact) mass is 492 g/mol. The van der Waals surface area contributed by atoms with E-state index in [1.54, 1.807) is 6.07 Å². The molecule has 3 rings (SSSR count). The molecule has 1 atom stereocenters. The molecule has 180 valence electrons. The normalized spacial score (nSPS) is 11.4. The zero-order chi connectivity index (χ0) is 25.4. The molecule has 0 aliphatic carbocycles. The summed E-state index contributed by atoms with van der Waals surface area (Å²) < 4.78 is 12.9. The molecule has 1 heterocycles. The molecule has 0 bridgehead atoms. The SMILES string of the molecule is C=C([NH3+])[C@@H](C#N)C(=O)COC(=O)CSc1nnc(COc2c(C)cccc2C)n1-c1ccccc1. The molecule has 35 heavy (non-hydrogen) atoms. The number of quaternary nitrogens is 1. The molecule has 3 aromatic rings. The summed E-state index contributed by atoms with van der Waals surface area (Å²) in [5, 5.41) is 18.0. The highest BCUT2D eigenvalue weighted by atomic mass is 32.2. The van der Waals surface area contributed by atoms with Crippen LogP contribution in [0.4, 0.5) is 0 Å². The first-order valence-corrected chi connectivity index (χ1v) is 11.7. The number of nitrogens with zero attached hydrogens (tertiary/aromatic N) is 4. The van der Waals surface area contributed by atoms with Crippen LogP contribution in [0.25, 0.3) is 5.69 Å². The van der Waals surface area contributed by atoms with Gasteiger partial charge in [-0.3, -0.25) is 14.2 Å². The van der Waals surface area contributed by atoms with Crippen LogP contribution in [-0.4, -0.2) is 38.9 Å². The van der Waals surface area contributed by atoms with Gasteiger partial charge in [-0.2, -0.15) is 5.26 Å². The Morgan fingerprint density at radius 3 is 2.46 bits per heavy atom. The number of Topliss-reactive ketones (excluding diaryl/α,β-unsaturated/α-hetero) is 1. The van der Waals surface area contributed by atoms with E-state index in [2.05, 4.69) is 22.5 Å². The zero-order valence-corrected chi connectivity index (χ0v) is 20.4. The number of thioether (sulfide) groups is 1. The van der Waals surface area contributed by atoms with Crippen molar-refractivity contribution in [2.75, 3.05) is 12.4 Å². The molecule has 0 unspecified atom stereocenters. The molecule has 0 aliphatic heterocycles. The van der Waals surface area contributed by atoms with Gasteiger partial charge in [-0.05, 0) is 43.7 Å². The van der Waals surface area contributed by atoms with Crippen molar-refractivity contribution in [3.05, 3.63) is 77.8 Å². The molecule has 0 saturated heterocycles. The molecule has 9 nitrogen and oxygen atoms in total. The molecule has 0 radical (unpaired) electrons. The van der Waals surface area contributed by atoms with Crippen molar-refractivity contribution < 1.29 is 24.8 Å². The van der Waals surface area contributed by atoms with E-state index in [0.717, 1.165) is 34.3 Å². The van der Waals surface area contributed by atoms with E-state index in [-0.39, 0.29) is 18.1 Å². The standard InChI is InChI=1S/C25H25N5O4S/c1-16-8-7-9-17(2)24(16)34-14-22-28-29-25(30(22)19-10-5-4-6-11-19)35-15-23(32)33-13-21(31)20(12-26)18(3)27/h4-11,20H,3,13-15,27H2,1-2H3/p+1/t20-/m1/s1. The van der Waals surface area contributed by atoms with Crippen LogP contribution in [0, 0.1) is 31.1 Å². The van der Waals surface area contributed by atoms with Gasteiger partial charge < -0.3 is 15.2 Å². The molecule has 0 spiro atoms. The van der Waals surface area contributed by atoms with Crippen LogP contribution in [-0.2, 0) is 20.9 Å². The third-order valence-electron chi connectivity index (χ3n) is 5.02. The summed E-state index contributed by atoms with van der Waals surface area (Å²) in [5.74, 6) is -1.03. The molecule has 10 heteroatoms. The second-order valence-electron chi connectivity index (χ2n) is 7.72. The van der Waals surface area contributed by atoms with E-state index in [4.69, 9.17) is 14.7 Å². The molecular formula is C25H26N5O4S+. The maximum atomic E-state index is 12.2. The Kier molecular flexibility index (Phi) is 8.78. The van der Waals surface area contributed by atoms with Crippen LogP contribution < -0.4 is 10.5 Å². The minimum Gasteiger partial charge on any atom is -0.485 e. The average molecular weight is 493 g/mol. The van der Waals surface area contributed by atoms with Crippen LogP contribution in [0.15, 0.2) is 66.0 Å². The number of rotatable bonds is 11. The Morgan fingerprint density at radius 1 is 1.14 bits per heavy atom. The number of aryl methyl sites for hydroxylation is 2. The number of benzene rings is 2. The number of nitriles is 1. The second-order valence-corrected chi connectivity index (χ2v) is 8.66. The molecule has 0 saturated carbocycles. The number of ether oxygens (including phenoxy) is 2. The van der Waals surface area contributed by atoms with Gasteiger partial charge in [0, 0.05) is 5.69 Å². The molecule has 3 N–H and O–H groups in total. The highest BCUT2D eigenvalue weighted by Crippen LogP contribution is 2.26. The lowest BCUT2D eigenvalue weighted by Crippen LogP contribution is -2.51. The minimum atomic E-state index is -1.10. The fourth-order valence-electron chi connectivity index (χ4n) is 3.28. The maximum Gasteiger partial charge on any atom is 0.316 e. The Labute approximate surface area is 207 Å². The first-order chi connectivity index (χ1) is 16.8. The van der Waals surface area contributed by atoms with Crippen molar-refractivity contribution >= 4 is 23.5 Å². The first kappa shape index (κ1) is 25.7. The lowest BCUT2D eigenvalue weighted by molar-refractivity contribution is -0.309. The Morgan fingerprint density at radius 2 is 1.83 bits per heavy atom. The summed E-state index contributed by atoms with van der Waals surface area (Å²) in [6.45, 7) is 7.12. The van der Waals surface area contributed by atoms with Gasteiger partial charge in [-0.25, -0.2) is 0 Å². The Bertz CT molecular complexity index is 1250. The number of carbonyl (C=O) groups is 2. The van der Waals surface area contributed by atoms with Crippen molar-refractivity contribution in [3.63, 3.8) is 0 Å². The molecule has 1 aromatic heterocycles. The largest absolute Gasteiger partial charge is 0.485 e. The molecule has 0 fully saturated rings. The van der Waals surface area contributed by atoms with E-state index < -0.39 is 24.3 Å². The quantitative estimate of drug-likeness (QED) is 0.319. The number of allylic oxidation sites excluding steroid dienone is 1. The van der Waals surface area contributed by atoms with Crippen molar-refractivity contribution in [1.29, 1.82) is 5.26 Å². The summed E-state index contributed by atoms with van der Waals surface area (Å²) in [6.07, 6.45) is 0. The summed E-state index contributed by atoms with van der Waals surface area (Å²) in [4.78, 5) is 24.3. The molecule has 0 aliphatic rings. The third-order valence-corrected chi connectivity index (χ3v) is 5.93. The number of hydrogen-bond acceptors (Lipinski definition) is 8. The van der Waals surface area contributed by atoms with E-state index >= 15 is 0 Å². The maximum absolute atomic E-state index is 12.2. The first-order valence-electron chi connectivity index (χ1n) is 10.7. The van der Waals surface area contributed by atoms with Crippen LogP contribution >= 0.6 is 11.8 Å². The van der Waals surface area contributed by atoms with Crippen LogP contribution in [0.1, 0.15) is 17.0 Å². The van der Waals surface area contributed by atoms with E-state index in [0.29, 0.717) is 11.0 Å². The van der Waals surface area contributed by atoms with Crippen molar-refractivity contribution in [2.45, 2.75) is 25.6 Å². The van der Waals surface area contributed by atoms with Crippen LogP contribution in [0.3, 0.4) is 0 Å². The summed E-state index contributed by atoms with van der Waals surface area (Å²) in [7, 11) is 0. The number of para-hydroxylation sites is 2. The molecule has 0 amide bonds. The Balaban J connectivity index is 1.71. The van der Waals surface area contributed by atoms with Crippen molar-refractivity contribution in [3.8, 4) is 17.5 Å². The summed E-state index contributed by atoms with van der Waals surface area (Å²) in [5.41, 5.74) is 6.52. The summed E-state index contributed by atoms with van der Waals surface area (Å²) >= 11 is 1.12. The minimum absolute atomic E-state index is 0.0987. The fourth-order valence-corrected chi connectivity index (χ4v) is 4.05. The van der Waals surface area contributed by atoms with E-state index in [1.807, 2.05) is 66.9 Å². The lowest BCUT2D eigenvalue weighted by Gasteiger charge is -2.13. The third kappa shape index (κ3) is 6.56. The molecular weight excluding hydrogens is 466 g/mol. The van der Waals surface area contributed by atoms with Crippen LogP contribution in [0.2, 0.25) is 0 Å². The van der Waals surface area contributed by atoms with Gasteiger partial charge in [-0.1, -0.05) is 48.2 Å². The van der Waals surface area contributed by atoms with Gasteiger partial charge in [0.1, 0.15) is 18.1 Å². The van der Waals surface area contributed by atoms with Gasteiger partial charge in [-0.15, -0.1) is 10.2 Å². The van der Waals surface area contributed by atoms with Gasteiger partial charge >= 0.3 is 5.97 Å².